The van der Waals surface area contributed by atoms with Gasteiger partial charge in [0, 0.05) is 5.69 Å². The van der Waals surface area contributed by atoms with Crippen LogP contribution >= 0.6 is 11.8 Å². The van der Waals surface area contributed by atoms with Crippen LogP contribution in [0.1, 0.15) is 36.5 Å². The van der Waals surface area contributed by atoms with Gasteiger partial charge in [-0.25, -0.2) is 0 Å². The minimum Gasteiger partial charge on any atom is -0.325 e. The molecule has 0 saturated heterocycles. The Balaban J connectivity index is 1.64. The van der Waals surface area contributed by atoms with Crippen LogP contribution in [0.15, 0.2) is 47.6 Å². The van der Waals surface area contributed by atoms with Gasteiger partial charge in [-0.3, -0.25) is 4.79 Å². The third-order valence-electron chi connectivity index (χ3n) is 4.37. The fourth-order valence-electron chi connectivity index (χ4n) is 2.58. The standard InChI is InChI=1S/C20H23N5OS/c1-13(2)16-6-9-18(10-7-16)25-20(22-23-24-25)27-12-19(26)21-17-8-5-14(3)15(4)11-17/h5-11,13H,12H2,1-4H3,(H,21,26). The third-order valence-corrected chi connectivity index (χ3v) is 5.29. The number of anilines is 1. The molecular formula is C20H23N5OS. The van der Waals surface area contributed by atoms with Crippen LogP contribution in [0.4, 0.5) is 5.69 Å². The van der Waals surface area contributed by atoms with Crippen LogP contribution in [-0.2, 0) is 4.79 Å². The molecule has 0 atom stereocenters. The Bertz CT molecular complexity index is 934. The maximum Gasteiger partial charge on any atom is 0.234 e. The molecule has 27 heavy (non-hydrogen) atoms. The number of carbonyl (C=O) groups is 1. The van der Waals surface area contributed by atoms with Gasteiger partial charge in [-0.2, -0.15) is 4.68 Å². The average Bonchev–Trinajstić information content (AvgIpc) is 3.12. The van der Waals surface area contributed by atoms with E-state index < -0.39 is 0 Å². The Labute approximate surface area is 163 Å². The molecule has 7 heteroatoms. The van der Waals surface area contributed by atoms with Crippen molar-refractivity contribution >= 4 is 23.4 Å². The number of thioether (sulfide) groups is 1. The average molecular weight is 382 g/mol. The zero-order chi connectivity index (χ0) is 19.4. The Morgan fingerprint density at radius 3 is 2.52 bits per heavy atom. The van der Waals surface area contributed by atoms with E-state index in [9.17, 15) is 4.79 Å². The highest BCUT2D eigenvalue weighted by Crippen LogP contribution is 2.21. The first-order valence-corrected chi connectivity index (χ1v) is 9.81. The van der Waals surface area contributed by atoms with Crippen LogP contribution in [0, 0.1) is 13.8 Å². The molecule has 0 saturated carbocycles. The largest absolute Gasteiger partial charge is 0.325 e. The summed E-state index contributed by atoms with van der Waals surface area (Å²) in [6, 6.07) is 14.0. The zero-order valence-electron chi connectivity index (χ0n) is 15.9. The molecule has 0 bridgehead atoms. The van der Waals surface area contributed by atoms with Crippen molar-refractivity contribution in [2.75, 3.05) is 11.1 Å². The van der Waals surface area contributed by atoms with E-state index in [0.29, 0.717) is 11.1 Å². The van der Waals surface area contributed by atoms with Crippen LogP contribution in [-0.4, -0.2) is 31.9 Å². The third kappa shape index (κ3) is 4.74. The molecule has 0 aliphatic heterocycles. The number of amides is 1. The van der Waals surface area contributed by atoms with Gasteiger partial charge in [0.1, 0.15) is 0 Å². The number of nitrogens with zero attached hydrogens (tertiary/aromatic N) is 4. The molecule has 1 amide bonds. The smallest absolute Gasteiger partial charge is 0.234 e. The van der Waals surface area contributed by atoms with Crippen molar-refractivity contribution in [1.29, 1.82) is 0 Å². The van der Waals surface area contributed by atoms with Gasteiger partial charge < -0.3 is 5.32 Å². The number of hydrogen-bond donors (Lipinski definition) is 1. The van der Waals surface area contributed by atoms with Gasteiger partial charge >= 0.3 is 0 Å². The molecule has 0 fully saturated rings. The Hall–Kier alpha value is -2.67. The fourth-order valence-corrected chi connectivity index (χ4v) is 3.27. The molecule has 0 radical (unpaired) electrons. The van der Waals surface area contributed by atoms with E-state index in [2.05, 4.69) is 46.8 Å². The van der Waals surface area contributed by atoms with Crippen LogP contribution in [0.2, 0.25) is 0 Å². The van der Waals surface area contributed by atoms with E-state index in [1.165, 1.54) is 22.9 Å². The Kier molecular flexibility index (Phi) is 5.91. The lowest BCUT2D eigenvalue weighted by Crippen LogP contribution is -2.14. The van der Waals surface area contributed by atoms with Crippen LogP contribution in [0.5, 0.6) is 0 Å². The highest BCUT2D eigenvalue weighted by molar-refractivity contribution is 7.99. The molecule has 6 nitrogen and oxygen atoms in total. The molecule has 1 heterocycles. The fraction of sp³-hybridized carbons (Fsp3) is 0.300. The molecule has 3 aromatic rings. The summed E-state index contributed by atoms with van der Waals surface area (Å²) >= 11 is 1.31. The lowest BCUT2D eigenvalue weighted by molar-refractivity contribution is -0.113. The molecule has 0 spiro atoms. The lowest BCUT2D eigenvalue weighted by atomic mass is 10.0. The monoisotopic (exact) mass is 381 g/mol. The topological polar surface area (TPSA) is 72.7 Å². The first-order valence-electron chi connectivity index (χ1n) is 8.82. The van der Waals surface area contributed by atoms with Gasteiger partial charge in [0.05, 0.1) is 11.4 Å². The molecular weight excluding hydrogens is 358 g/mol. The molecule has 0 aliphatic rings. The maximum atomic E-state index is 12.3. The van der Waals surface area contributed by atoms with E-state index in [1.807, 2.05) is 44.2 Å². The van der Waals surface area contributed by atoms with E-state index in [4.69, 9.17) is 0 Å². The molecule has 0 aliphatic carbocycles. The van der Waals surface area contributed by atoms with Crippen molar-refractivity contribution in [3.05, 3.63) is 59.2 Å². The second-order valence-corrected chi connectivity index (χ2v) is 7.70. The number of rotatable bonds is 6. The summed E-state index contributed by atoms with van der Waals surface area (Å²) < 4.78 is 1.65. The number of nitrogens with one attached hydrogen (secondary N) is 1. The normalized spacial score (nSPS) is 11.0. The van der Waals surface area contributed by atoms with Crippen LogP contribution in [0.25, 0.3) is 5.69 Å². The predicted octanol–water partition coefficient (Wildman–Crippen LogP) is 4.13. The molecule has 0 unspecified atom stereocenters. The minimum atomic E-state index is -0.0899. The van der Waals surface area contributed by atoms with Gasteiger partial charge in [-0.15, -0.1) is 5.10 Å². The van der Waals surface area contributed by atoms with E-state index in [1.54, 1.807) is 4.68 Å². The van der Waals surface area contributed by atoms with Crippen molar-refractivity contribution < 1.29 is 4.79 Å². The summed E-state index contributed by atoms with van der Waals surface area (Å²) in [5.41, 5.74) is 5.28. The summed E-state index contributed by atoms with van der Waals surface area (Å²) in [7, 11) is 0. The number of aryl methyl sites for hydroxylation is 2. The molecule has 2 aromatic carbocycles. The predicted molar refractivity (Wildman–Crippen MR) is 109 cm³/mol. The summed E-state index contributed by atoms with van der Waals surface area (Å²) in [4.78, 5) is 12.3. The lowest BCUT2D eigenvalue weighted by Gasteiger charge is -2.09. The first-order chi connectivity index (χ1) is 12.9. The maximum absolute atomic E-state index is 12.3. The number of aromatic nitrogens is 4. The van der Waals surface area contributed by atoms with Gasteiger partial charge in [-0.05, 0) is 71.1 Å². The molecule has 1 N–H and O–H groups in total. The van der Waals surface area contributed by atoms with Crippen molar-refractivity contribution in [2.45, 2.75) is 38.8 Å². The van der Waals surface area contributed by atoms with E-state index >= 15 is 0 Å². The first kappa shape index (κ1) is 19.1. The van der Waals surface area contributed by atoms with Gasteiger partial charge in [0.15, 0.2) is 0 Å². The van der Waals surface area contributed by atoms with E-state index in [-0.39, 0.29) is 11.7 Å². The van der Waals surface area contributed by atoms with Gasteiger partial charge in [0.25, 0.3) is 0 Å². The highest BCUT2D eigenvalue weighted by atomic mass is 32.2. The second-order valence-electron chi connectivity index (χ2n) is 6.76. The molecule has 1 aromatic heterocycles. The molecule has 3 rings (SSSR count). The highest BCUT2D eigenvalue weighted by Gasteiger charge is 2.12. The van der Waals surface area contributed by atoms with Crippen molar-refractivity contribution in [3.63, 3.8) is 0 Å². The zero-order valence-corrected chi connectivity index (χ0v) is 16.7. The summed E-state index contributed by atoms with van der Waals surface area (Å²) in [5, 5.41) is 15.3. The van der Waals surface area contributed by atoms with E-state index in [0.717, 1.165) is 16.9 Å². The van der Waals surface area contributed by atoms with Crippen LogP contribution < -0.4 is 5.32 Å². The Morgan fingerprint density at radius 2 is 1.85 bits per heavy atom. The summed E-state index contributed by atoms with van der Waals surface area (Å²) in [5.74, 6) is 0.612. The van der Waals surface area contributed by atoms with Gasteiger partial charge in [0.2, 0.25) is 11.1 Å². The van der Waals surface area contributed by atoms with Gasteiger partial charge in [-0.1, -0.05) is 43.8 Å². The SMILES string of the molecule is Cc1ccc(NC(=O)CSc2nnnn2-c2ccc(C(C)C)cc2)cc1C. The number of carbonyl (C=O) groups excluding carboxylic acids is 1. The van der Waals surface area contributed by atoms with Crippen molar-refractivity contribution in [3.8, 4) is 5.69 Å². The number of hydrogen-bond acceptors (Lipinski definition) is 5. The number of benzene rings is 2. The van der Waals surface area contributed by atoms with Crippen molar-refractivity contribution in [2.24, 2.45) is 0 Å². The minimum absolute atomic E-state index is 0.0899. The number of tetrazole rings is 1. The Morgan fingerprint density at radius 1 is 1.11 bits per heavy atom. The van der Waals surface area contributed by atoms with Crippen molar-refractivity contribution in [1.82, 2.24) is 20.2 Å². The second kappa shape index (κ2) is 8.35. The quantitative estimate of drug-likeness (QED) is 0.650. The summed E-state index contributed by atoms with van der Waals surface area (Å²) in [6.07, 6.45) is 0. The molecule has 140 valence electrons. The summed E-state index contributed by atoms with van der Waals surface area (Å²) in [6.45, 7) is 8.38. The van der Waals surface area contributed by atoms with Crippen LogP contribution in [0.3, 0.4) is 0 Å².